The average Bonchev–Trinajstić information content (AvgIpc) is 3.68. The summed E-state index contributed by atoms with van der Waals surface area (Å²) in [6.45, 7) is 0.254. The van der Waals surface area contributed by atoms with Crippen molar-refractivity contribution in [1.82, 2.24) is 72.4 Å². The number of aliphatic hydroxyl groups excluding tert-OH is 1. The maximum Gasteiger partial charge on any atom is 0.315 e. The number of nitrogens with one attached hydrogen (secondary N) is 10. The summed E-state index contributed by atoms with van der Waals surface area (Å²) in [5.41, 5.74) is 9.11. The van der Waals surface area contributed by atoms with Crippen LogP contribution in [0.2, 0.25) is 0 Å². The highest BCUT2D eigenvalue weighted by Crippen LogP contribution is 2.33. The van der Waals surface area contributed by atoms with Gasteiger partial charge in [-0.1, -0.05) is 48.0 Å². The molecule has 0 aliphatic carbocycles. The van der Waals surface area contributed by atoms with Crippen LogP contribution in [0.5, 0.6) is 0 Å². The molecule has 13 N–H and O–H groups in total. The molecule has 4 aliphatic heterocycles. The maximum atomic E-state index is 14.8. The predicted octanol–water partition coefficient (Wildman–Crippen LogP) is -0.763. The average molecular weight is 1240 g/mol. The van der Waals surface area contributed by atoms with E-state index in [0.29, 0.717) is 61.8 Å². The van der Waals surface area contributed by atoms with Gasteiger partial charge < -0.3 is 82.5 Å². The Hall–Kier alpha value is -8.12. The number of para-hydroxylation sites is 2. The molecule has 5 aromatic rings. The number of hydrogen-bond donors (Lipinski definition) is 12. The molecule has 0 radical (unpaired) electrons. The Morgan fingerprint density at radius 3 is 2.07 bits per heavy atom. The van der Waals surface area contributed by atoms with Gasteiger partial charge in [0.1, 0.15) is 42.9 Å². The summed E-state index contributed by atoms with van der Waals surface area (Å²) < 4.78 is 18.2. The van der Waals surface area contributed by atoms with Gasteiger partial charge in [0.25, 0.3) is 0 Å². The summed E-state index contributed by atoms with van der Waals surface area (Å²) >= 11 is 1.85. The number of unbranched alkanes of at least 4 members (excludes halogenated alkanes) is 1. The Morgan fingerprint density at radius 2 is 1.36 bits per heavy atom. The lowest BCUT2D eigenvalue weighted by molar-refractivity contribution is -0.143. The quantitative estimate of drug-likeness (QED) is 0.0282. The smallest absolute Gasteiger partial charge is 0.315 e. The van der Waals surface area contributed by atoms with Gasteiger partial charge >= 0.3 is 6.03 Å². The van der Waals surface area contributed by atoms with Crippen LogP contribution in [0.15, 0.2) is 67.1 Å². The van der Waals surface area contributed by atoms with Crippen molar-refractivity contribution in [3.05, 3.63) is 83.9 Å². The van der Waals surface area contributed by atoms with Gasteiger partial charge in [-0.3, -0.25) is 43.0 Å². The van der Waals surface area contributed by atoms with Crippen LogP contribution in [0.4, 0.5) is 4.79 Å². The number of benzene rings is 2. The predicted molar refractivity (Wildman–Crippen MR) is 322 cm³/mol. The first-order chi connectivity index (χ1) is 42.7. The molecule has 2 bridgehead atoms. The number of H-pyrrole nitrogens is 2. The van der Waals surface area contributed by atoms with E-state index < -0.39 is 90.8 Å². The van der Waals surface area contributed by atoms with E-state index in [-0.39, 0.29) is 94.8 Å². The second-order valence-corrected chi connectivity index (χ2v) is 23.7. The molecule has 10 amide bonds. The first-order valence-corrected chi connectivity index (χ1v) is 31.1. The van der Waals surface area contributed by atoms with E-state index >= 15 is 0 Å². The minimum atomic E-state index is -1.57. The molecule has 2 aromatic carbocycles. The van der Waals surface area contributed by atoms with Crippen LogP contribution in [-0.2, 0) is 78.4 Å². The molecule has 474 valence electrons. The van der Waals surface area contributed by atoms with Crippen molar-refractivity contribution in [2.24, 2.45) is 5.73 Å². The second-order valence-electron chi connectivity index (χ2n) is 22.4. The molecular weight excluding hydrogens is 1160 g/mol. The van der Waals surface area contributed by atoms with Crippen molar-refractivity contribution in [3.63, 3.8) is 0 Å². The summed E-state index contributed by atoms with van der Waals surface area (Å²) in [5, 5.41) is 43.6. The molecule has 3 fully saturated rings. The number of carbonyl (C=O) groups excluding carboxylic acids is 9. The third-order valence-electron chi connectivity index (χ3n) is 16.2. The number of fused-ring (bicyclic) bond motifs is 6. The van der Waals surface area contributed by atoms with Gasteiger partial charge in [0, 0.05) is 96.7 Å². The standard InChI is InChI=1S/C59H79N15O13S/c60-53(78)42-14-7-8-19-73-31-37(71-72-73)28-45(64-51(77)33-87-25-24-86-23-22-85-21-18-61-50(76)17-6-5-16-49-52-47(34-88-49)69-59(84)70-52)56(81)68-46(32-75)58(83)74-20-9-15-48(74)57(82)67-44(27-36-30-63-41-13-4-2-11-39(36)41)55(80)66-43(54(79)65-42)26-35-29-62-40-12-3-1-10-38(35)40/h1-4,10-13,29-31,42-49,52,62-63,75H,5-9,14-28,32-34H2,(H2,60,78)(H,61,76)(H,64,77)(H,65,79)(H,66,80)(H,67,82)(H,68,81)(H2,69,70,84)/t42-,43+,44+,45-,46+,47-,48+,49-,52-/m0/s1. The van der Waals surface area contributed by atoms with E-state index in [0.717, 1.165) is 46.8 Å². The number of nitrogens with two attached hydrogens (primary N) is 1. The number of nitrogens with zero attached hydrogens (tertiary/aromatic N) is 4. The monoisotopic (exact) mass is 1240 g/mol. The Kier molecular flexibility index (Phi) is 23.2. The Balaban J connectivity index is 0.805. The van der Waals surface area contributed by atoms with Crippen LogP contribution >= 0.6 is 11.8 Å². The molecule has 0 saturated carbocycles. The van der Waals surface area contributed by atoms with Crippen molar-refractivity contribution in [2.45, 2.75) is 137 Å². The fourth-order valence-corrected chi connectivity index (χ4v) is 13.1. The van der Waals surface area contributed by atoms with Gasteiger partial charge in [-0.15, -0.1) is 5.10 Å². The number of urea groups is 1. The first-order valence-electron chi connectivity index (χ1n) is 30.1. The SMILES string of the molecule is NC(=O)[C@@H]1CCCCn2cc(nn2)C[C@H](NC(=O)COCCOCCOCCNC(=O)CCCC[C@@H]2SC[C@@H]3NC(=O)N[C@@H]32)C(=O)N[C@H](CO)C(=O)N2CCC[C@@H]2C(=O)N[C@H](Cc2c[nH]c3ccccc23)C(=O)N[C@H](Cc2c[nH]c3ccccc23)C(=O)N1. The van der Waals surface area contributed by atoms with Crippen LogP contribution in [-0.4, -0.2) is 207 Å². The number of aryl methyl sites for hydroxylation is 1. The summed E-state index contributed by atoms with van der Waals surface area (Å²) in [5.74, 6) is -4.39. The molecule has 88 heavy (non-hydrogen) atoms. The number of amides is 10. The number of rotatable bonds is 23. The normalized spacial score (nSPS) is 24.1. The Morgan fingerprint density at radius 1 is 0.705 bits per heavy atom. The lowest BCUT2D eigenvalue weighted by Crippen LogP contribution is -2.60. The van der Waals surface area contributed by atoms with Crippen molar-refractivity contribution in [1.29, 1.82) is 0 Å². The summed E-state index contributed by atoms with van der Waals surface area (Å²) in [4.78, 5) is 130. The van der Waals surface area contributed by atoms with Crippen LogP contribution < -0.4 is 48.3 Å². The molecule has 7 heterocycles. The van der Waals surface area contributed by atoms with Gasteiger partial charge in [-0.25, -0.2) is 4.79 Å². The summed E-state index contributed by atoms with van der Waals surface area (Å²) in [6, 6.07) is 7.28. The van der Waals surface area contributed by atoms with Crippen molar-refractivity contribution in [3.8, 4) is 0 Å². The number of aliphatic hydroxyl groups is 1. The molecule has 3 saturated heterocycles. The number of aromatic nitrogens is 5. The lowest BCUT2D eigenvalue weighted by atomic mass is 10.0. The Bertz CT molecular complexity index is 3250. The zero-order valence-electron chi connectivity index (χ0n) is 48.9. The first kappa shape index (κ1) is 64.4. The fraction of sp³-hybridized carbons (Fsp3) is 0.542. The van der Waals surface area contributed by atoms with Gasteiger partial charge in [0.15, 0.2) is 0 Å². The largest absolute Gasteiger partial charge is 0.394 e. The topological polar surface area (TPSA) is 389 Å². The highest BCUT2D eigenvalue weighted by molar-refractivity contribution is 8.00. The van der Waals surface area contributed by atoms with Gasteiger partial charge in [-0.05, 0) is 68.2 Å². The van der Waals surface area contributed by atoms with Crippen LogP contribution in [0.3, 0.4) is 0 Å². The molecule has 9 atom stereocenters. The highest BCUT2D eigenvalue weighted by atomic mass is 32.2. The van der Waals surface area contributed by atoms with E-state index in [1.807, 2.05) is 60.3 Å². The number of thioether (sulfide) groups is 1. The number of aromatic amines is 2. The zero-order chi connectivity index (χ0) is 61.9. The fourth-order valence-electron chi connectivity index (χ4n) is 11.6. The van der Waals surface area contributed by atoms with Crippen molar-refractivity contribution in [2.75, 3.05) is 65.1 Å². The van der Waals surface area contributed by atoms with Gasteiger partial charge in [0.2, 0.25) is 47.3 Å². The third kappa shape index (κ3) is 17.6. The van der Waals surface area contributed by atoms with E-state index in [4.69, 9.17) is 19.9 Å². The molecule has 4 aliphatic rings. The molecule has 29 heteroatoms. The third-order valence-corrected chi connectivity index (χ3v) is 17.7. The van der Waals surface area contributed by atoms with Crippen molar-refractivity contribution < 1.29 is 62.5 Å². The summed E-state index contributed by atoms with van der Waals surface area (Å²) in [6.07, 6.45) is 9.23. The van der Waals surface area contributed by atoms with Gasteiger partial charge in [-0.2, -0.15) is 11.8 Å². The van der Waals surface area contributed by atoms with E-state index in [2.05, 4.69) is 62.8 Å². The zero-order valence-corrected chi connectivity index (χ0v) is 49.7. The van der Waals surface area contributed by atoms with Crippen LogP contribution in [0.25, 0.3) is 21.8 Å². The number of primary amides is 1. The highest BCUT2D eigenvalue weighted by Gasteiger charge is 2.43. The second kappa shape index (κ2) is 31.7. The number of ether oxygens (including phenoxy) is 3. The maximum absolute atomic E-state index is 14.8. The minimum Gasteiger partial charge on any atom is -0.394 e. The van der Waals surface area contributed by atoms with Crippen molar-refractivity contribution >= 4 is 86.9 Å². The van der Waals surface area contributed by atoms with Crippen LogP contribution in [0.1, 0.15) is 74.6 Å². The molecule has 0 spiro atoms. The van der Waals surface area contributed by atoms with Crippen LogP contribution in [0, 0.1) is 0 Å². The Labute approximate surface area is 511 Å². The summed E-state index contributed by atoms with van der Waals surface area (Å²) in [7, 11) is 0. The molecule has 0 unspecified atom stereocenters. The number of carbonyl (C=O) groups is 9. The minimum absolute atomic E-state index is 0.0137. The van der Waals surface area contributed by atoms with E-state index in [9.17, 15) is 48.3 Å². The van der Waals surface area contributed by atoms with E-state index in [1.165, 1.54) is 9.58 Å². The lowest BCUT2D eigenvalue weighted by Gasteiger charge is -2.30. The molecule has 3 aromatic heterocycles. The molecular formula is C59H79N15O13S. The number of hydrogen-bond acceptors (Lipinski definition) is 16. The molecule has 9 rings (SSSR count). The molecule has 28 nitrogen and oxygen atoms in total. The van der Waals surface area contributed by atoms with E-state index in [1.54, 1.807) is 18.6 Å². The van der Waals surface area contributed by atoms with Gasteiger partial charge in [0.05, 0.1) is 57.4 Å².